The lowest BCUT2D eigenvalue weighted by Gasteiger charge is -2.07. The fraction of sp³-hybridized carbons (Fsp3) is 0.231. The lowest BCUT2D eigenvalue weighted by atomic mass is 10.0. The van der Waals surface area contributed by atoms with Gasteiger partial charge in [-0.3, -0.25) is 0 Å². The Morgan fingerprint density at radius 2 is 1.80 bits per heavy atom. The van der Waals surface area contributed by atoms with Gasteiger partial charge in [-0.1, -0.05) is 46.3 Å². The van der Waals surface area contributed by atoms with Crippen LogP contribution in [0, 0.1) is 0 Å². The first-order valence-corrected chi connectivity index (χ1v) is 6.01. The molecule has 0 fully saturated rings. The van der Waals surface area contributed by atoms with E-state index in [-0.39, 0.29) is 10.9 Å². The highest BCUT2D eigenvalue weighted by atomic mass is 79.9. The molecule has 2 atom stereocenters. The standard InChI is InChI=1S/C13H11BrO/c14-12-7-10-5-8-3-1-2-4-9(8)6-11(10)13(12)15/h1-6,12-13,15H,7H2. The molecule has 0 spiro atoms. The maximum Gasteiger partial charge on any atom is 0.0921 e. The van der Waals surface area contributed by atoms with E-state index in [1.165, 1.54) is 16.3 Å². The van der Waals surface area contributed by atoms with Gasteiger partial charge in [0, 0.05) is 4.83 Å². The van der Waals surface area contributed by atoms with E-state index in [1.807, 2.05) is 12.1 Å². The topological polar surface area (TPSA) is 20.2 Å². The Morgan fingerprint density at radius 1 is 1.13 bits per heavy atom. The molecule has 0 radical (unpaired) electrons. The van der Waals surface area contributed by atoms with Crippen molar-refractivity contribution < 1.29 is 5.11 Å². The Kier molecular flexibility index (Phi) is 2.08. The molecule has 0 saturated carbocycles. The zero-order valence-electron chi connectivity index (χ0n) is 8.15. The van der Waals surface area contributed by atoms with Crippen LogP contribution in [0.25, 0.3) is 10.8 Å². The minimum Gasteiger partial charge on any atom is -0.387 e. The van der Waals surface area contributed by atoms with E-state index < -0.39 is 0 Å². The predicted octanol–water partition coefficient (Wildman–Crippen LogP) is 3.19. The second-order valence-electron chi connectivity index (χ2n) is 4.06. The number of benzene rings is 2. The van der Waals surface area contributed by atoms with Crippen molar-refractivity contribution in [1.82, 2.24) is 0 Å². The molecule has 15 heavy (non-hydrogen) atoms. The lowest BCUT2D eigenvalue weighted by Crippen LogP contribution is -2.03. The van der Waals surface area contributed by atoms with Crippen LogP contribution >= 0.6 is 15.9 Å². The number of halogens is 1. The fourth-order valence-corrected chi connectivity index (χ4v) is 2.91. The summed E-state index contributed by atoms with van der Waals surface area (Å²) in [5.41, 5.74) is 2.35. The molecule has 0 saturated heterocycles. The first-order valence-electron chi connectivity index (χ1n) is 5.09. The number of hydrogen-bond donors (Lipinski definition) is 1. The average molecular weight is 263 g/mol. The smallest absolute Gasteiger partial charge is 0.0921 e. The molecule has 0 aliphatic heterocycles. The molecule has 2 unspecified atom stereocenters. The van der Waals surface area contributed by atoms with Crippen molar-refractivity contribution in [2.45, 2.75) is 17.4 Å². The Balaban J connectivity index is 2.27. The van der Waals surface area contributed by atoms with Gasteiger partial charge in [-0.2, -0.15) is 0 Å². The van der Waals surface area contributed by atoms with Crippen LogP contribution in [0.2, 0.25) is 0 Å². The van der Waals surface area contributed by atoms with E-state index in [4.69, 9.17) is 0 Å². The molecule has 2 heteroatoms. The Labute approximate surface area is 96.9 Å². The van der Waals surface area contributed by atoms with E-state index in [0.29, 0.717) is 0 Å². The summed E-state index contributed by atoms with van der Waals surface area (Å²) in [5.74, 6) is 0. The third-order valence-electron chi connectivity index (χ3n) is 3.08. The van der Waals surface area contributed by atoms with Crippen LogP contribution < -0.4 is 0 Å². The van der Waals surface area contributed by atoms with E-state index in [2.05, 4.69) is 40.2 Å². The van der Waals surface area contributed by atoms with E-state index >= 15 is 0 Å². The average Bonchev–Trinajstić information content (AvgIpc) is 2.52. The summed E-state index contributed by atoms with van der Waals surface area (Å²) in [5, 5.41) is 12.4. The first kappa shape index (κ1) is 9.37. The van der Waals surface area contributed by atoms with Gasteiger partial charge in [0.15, 0.2) is 0 Å². The number of aliphatic hydroxyl groups excluding tert-OH is 1. The molecule has 1 aliphatic rings. The molecule has 0 bridgehead atoms. The second kappa shape index (κ2) is 3.32. The summed E-state index contributed by atoms with van der Waals surface area (Å²) in [6.45, 7) is 0. The minimum atomic E-state index is -0.357. The first-order chi connectivity index (χ1) is 7.25. The van der Waals surface area contributed by atoms with Crippen LogP contribution in [0.4, 0.5) is 0 Å². The molecule has 0 heterocycles. The van der Waals surface area contributed by atoms with Crippen molar-refractivity contribution in [2.75, 3.05) is 0 Å². The maximum absolute atomic E-state index is 9.96. The highest BCUT2D eigenvalue weighted by Crippen LogP contribution is 2.37. The Hall–Kier alpha value is -0.860. The molecule has 1 nitrogen and oxygen atoms in total. The van der Waals surface area contributed by atoms with Gasteiger partial charge in [-0.05, 0) is 34.4 Å². The van der Waals surface area contributed by atoms with Gasteiger partial charge in [0.05, 0.1) is 6.10 Å². The summed E-state index contributed by atoms with van der Waals surface area (Å²) in [6.07, 6.45) is 0.561. The van der Waals surface area contributed by atoms with Gasteiger partial charge in [-0.15, -0.1) is 0 Å². The number of alkyl halides is 1. The molecule has 2 aromatic carbocycles. The van der Waals surface area contributed by atoms with Crippen LogP contribution in [0.1, 0.15) is 17.2 Å². The van der Waals surface area contributed by atoms with Crippen LogP contribution in [-0.4, -0.2) is 9.93 Å². The highest BCUT2D eigenvalue weighted by molar-refractivity contribution is 9.09. The van der Waals surface area contributed by atoms with Gasteiger partial charge >= 0.3 is 0 Å². The summed E-state index contributed by atoms with van der Waals surface area (Å²) in [7, 11) is 0. The molecule has 3 rings (SSSR count). The Morgan fingerprint density at radius 3 is 2.53 bits per heavy atom. The van der Waals surface area contributed by atoms with Crippen molar-refractivity contribution in [3.05, 3.63) is 47.5 Å². The summed E-state index contributed by atoms with van der Waals surface area (Å²) in [6, 6.07) is 12.6. The second-order valence-corrected chi connectivity index (χ2v) is 5.24. The lowest BCUT2D eigenvalue weighted by molar-refractivity contribution is 0.188. The summed E-state index contributed by atoms with van der Waals surface area (Å²) >= 11 is 3.51. The number of fused-ring (bicyclic) bond motifs is 2. The van der Waals surface area contributed by atoms with Crippen molar-refractivity contribution >= 4 is 26.7 Å². The zero-order valence-corrected chi connectivity index (χ0v) is 9.74. The molecule has 1 aliphatic carbocycles. The van der Waals surface area contributed by atoms with Crippen LogP contribution in [0.5, 0.6) is 0 Å². The van der Waals surface area contributed by atoms with Crippen LogP contribution in [-0.2, 0) is 6.42 Å². The Bertz CT molecular complexity index is 521. The minimum absolute atomic E-state index is 0.171. The number of rotatable bonds is 0. The molecular weight excluding hydrogens is 252 g/mol. The molecule has 2 aromatic rings. The molecule has 0 aromatic heterocycles. The number of hydrogen-bond acceptors (Lipinski definition) is 1. The molecule has 0 amide bonds. The van der Waals surface area contributed by atoms with Crippen molar-refractivity contribution in [3.63, 3.8) is 0 Å². The predicted molar refractivity (Wildman–Crippen MR) is 65.3 cm³/mol. The van der Waals surface area contributed by atoms with Gasteiger partial charge < -0.3 is 5.11 Å². The molecular formula is C13H11BrO. The van der Waals surface area contributed by atoms with Gasteiger partial charge in [0.1, 0.15) is 0 Å². The largest absolute Gasteiger partial charge is 0.387 e. The fourth-order valence-electron chi connectivity index (χ4n) is 2.27. The summed E-state index contributed by atoms with van der Waals surface area (Å²) in [4.78, 5) is 0.171. The van der Waals surface area contributed by atoms with E-state index in [9.17, 15) is 5.11 Å². The quantitative estimate of drug-likeness (QED) is 0.724. The maximum atomic E-state index is 9.96. The SMILES string of the molecule is OC1c2cc3ccccc3cc2CC1Br. The third kappa shape index (κ3) is 1.40. The van der Waals surface area contributed by atoms with Gasteiger partial charge in [0.2, 0.25) is 0 Å². The van der Waals surface area contributed by atoms with Gasteiger partial charge in [0.25, 0.3) is 0 Å². The van der Waals surface area contributed by atoms with Crippen molar-refractivity contribution in [3.8, 4) is 0 Å². The zero-order chi connectivity index (χ0) is 10.4. The van der Waals surface area contributed by atoms with Crippen molar-refractivity contribution in [2.24, 2.45) is 0 Å². The number of aliphatic hydroxyl groups is 1. The monoisotopic (exact) mass is 262 g/mol. The van der Waals surface area contributed by atoms with Crippen LogP contribution in [0.3, 0.4) is 0 Å². The normalized spacial score (nSPS) is 24.4. The van der Waals surface area contributed by atoms with Crippen molar-refractivity contribution in [1.29, 1.82) is 0 Å². The third-order valence-corrected chi connectivity index (χ3v) is 3.91. The van der Waals surface area contributed by atoms with Crippen LogP contribution in [0.15, 0.2) is 36.4 Å². The summed E-state index contributed by atoms with van der Waals surface area (Å²) < 4.78 is 0. The molecule has 1 N–H and O–H groups in total. The van der Waals surface area contributed by atoms with Gasteiger partial charge in [-0.25, -0.2) is 0 Å². The highest BCUT2D eigenvalue weighted by Gasteiger charge is 2.28. The molecule has 76 valence electrons. The van der Waals surface area contributed by atoms with E-state index in [1.54, 1.807) is 0 Å². The van der Waals surface area contributed by atoms with E-state index in [0.717, 1.165) is 12.0 Å².